The van der Waals surface area contributed by atoms with Gasteiger partial charge < -0.3 is 15.4 Å². The summed E-state index contributed by atoms with van der Waals surface area (Å²) < 4.78 is 5.27. The molecule has 1 aromatic heterocycles. The summed E-state index contributed by atoms with van der Waals surface area (Å²) in [6.07, 6.45) is 4.66. The Morgan fingerprint density at radius 3 is 3.11 bits per heavy atom. The van der Waals surface area contributed by atoms with Crippen molar-refractivity contribution in [3.05, 3.63) is 18.3 Å². The number of hydrogen-bond donors (Lipinski definition) is 2. The molecule has 5 nitrogen and oxygen atoms in total. The molecule has 18 heavy (non-hydrogen) atoms. The highest BCUT2D eigenvalue weighted by atomic mass is 16.5. The third-order valence-corrected chi connectivity index (χ3v) is 2.90. The van der Waals surface area contributed by atoms with Gasteiger partial charge in [0.1, 0.15) is 6.04 Å². The minimum Gasteiger partial charge on any atom is -0.478 e. The SMILES string of the molecule is CCOc1ccc(NC2CCCCNC2=O)cn1. The number of ether oxygens (including phenoxy) is 1. The number of carbonyl (C=O) groups excluding carboxylic acids is 1. The molecule has 0 radical (unpaired) electrons. The maximum absolute atomic E-state index is 11.8. The van der Waals surface area contributed by atoms with Crippen LogP contribution in [0.15, 0.2) is 18.3 Å². The van der Waals surface area contributed by atoms with E-state index in [9.17, 15) is 4.79 Å². The highest BCUT2D eigenvalue weighted by molar-refractivity contribution is 5.84. The van der Waals surface area contributed by atoms with Gasteiger partial charge in [0.05, 0.1) is 18.5 Å². The Morgan fingerprint density at radius 2 is 2.39 bits per heavy atom. The van der Waals surface area contributed by atoms with Crippen LogP contribution in [0.25, 0.3) is 0 Å². The molecule has 0 spiro atoms. The Bertz CT molecular complexity index is 392. The smallest absolute Gasteiger partial charge is 0.242 e. The lowest BCUT2D eigenvalue weighted by atomic mass is 10.1. The third kappa shape index (κ3) is 3.35. The molecule has 5 heteroatoms. The summed E-state index contributed by atoms with van der Waals surface area (Å²) in [6.45, 7) is 3.30. The predicted octanol–water partition coefficient (Wildman–Crippen LogP) is 1.56. The maximum Gasteiger partial charge on any atom is 0.242 e. The summed E-state index contributed by atoms with van der Waals surface area (Å²) in [4.78, 5) is 15.9. The Kier molecular flexibility index (Phi) is 4.39. The van der Waals surface area contributed by atoms with Gasteiger partial charge in [0.15, 0.2) is 0 Å². The quantitative estimate of drug-likeness (QED) is 0.850. The molecule has 98 valence electrons. The van der Waals surface area contributed by atoms with E-state index in [4.69, 9.17) is 4.74 Å². The fraction of sp³-hybridized carbons (Fsp3) is 0.538. The first-order chi connectivity index (χ1) is 8.79. The zero-order valence-corrected chi connectivity index (χ0v) is 10.6. The van der Waals surface area contributed by atoms with Gasteiger partial charge in [0.2, 0.25) is 11.8 Å². The van der Waals surface area contributed by atoms with Gasteiger partial charge in [-0.2, -0.15) is 0 Å². The van der Waals surface area contributed by atoms with E-state index in [-0.39, 0.29) is 11.9 Å². The molecule has 1 aliphatic rings. The van der Waals surface area contributed by atoms with Gasteiger partial charge in [-0.1, -0.05) is 0 Å². The average Bonchev–Trinajstić information content (AvgIpc) is 2.58. The fourth-order valence-corrected chi connectivity index (χ4v) is 1.98. The molecule has 1 amide bonds. The Hall–Kier alpha value is -1.78. The minimum atomic E-state index is -0.160. The second kappa shape index (κ2) is 6.23. The second-order valence-corrected chi connectivity index (χ2v) is 4.30. The average molecular weight is 249 g/mol. The Labute approximate surface area is 107 Å². The number of anilines is 1. The van der Waals surface area contributed by atoms with Gasteiger partial charge in [-0.05, 0) is 32.3 Å². The molecule has 1 saturated heterocycles. The number of rotatable bonds is 4. The standard InChI is InChI=1S/C13H19N3O2/c1-2-18-12-7-6-10(9-15-12)16-11-5-3-4-8-14-13(11)17/h6-7,9,11,16H,2-5,8H2,1H3,(H,14,17). The molecular formula is C13H19N3O2. The van der Waals surface area contributed by atoms with Crippen LogP contribution < -0.4 is 15.4 Å². The van der Waals surface area contributed by atoms with E-state index in [2.05, 4.69) is 15.6 Å². The number of aromatic nitrogens is 1. The molecule has 1 aliphatic heterocycles. The van der Waals surface area contributed by atoms with Crippen LogP contribution in [0.4, 0.5) is 5.69 Å². The number of amides is 1. The largest absolute Gasteiger partial charge is 0.478 e. The molecule has 1 unspecified atom stereocenters. The number of pyridine rings is 1. The molecular weight excluding hydrogens is 230 g/mol. The van der Waals surface area contributed by atoms with Crippen molar-refractivity contribution in [2.24, 2.45) is 0 Å². The summed E-state index contributed by atoms with van der Waals surface area (Å²) in [5.74, 6) is 0.676. The predicted molar refractivity (Wildman–Crippen MR) is 69.7 cm³/mol. The third-order valence-electron chi connectivity index (χ3n) is 2.90. The van der Waals surface area contributed by atoms with E-state index in [0.29, 0.717) is 12.5 Å². The van der Waals surface area contributed by atoms with Crippen LogP contribution in [0.3, 0.4) is 0 Å². The summed E-state index contributed by atoms with van der Waals surface area (Å²) >= 11 is 0. The highest BCUT2D eigenvalue weighted by Gasteiger charge is 2.20. The first-order valence-electron chi connectivity index (χ1n) is 6.42. The van der Waals surface area contributed by atoms with E-state index >= 15 is 0 Å². The molecule has 2 rings (SSSR count). The van der Waals surface area contributed by atoms with Gasteiger partial charge in [-0.3, -0.25) is 4.79 Å². The highest BCUT2D eigenvalue weighted by Crippen LogP contribution is 2.15. The minimum absolute atomic E-state index is 0.0707. The lowest BCUT2D eigenvalue weighted by Crippen LogP contribution is -2.37. The lowest BCUT2D eigenvalue weighted by molar-refractivity contribution is -0.121. The maximum atomic E-state index is 11.8. The van der Waals surface area contributed by atoms with Gasteiger partial charge in [-0.15, -0.1) is 0 Å². The first kappa shape index (κ1) is 12.7. The summed E-state index contributed by atoms with van der Waals surface area (Å²) in [6, 6.07) is 3.53. The van der Waals surface area contributed by atoms with Gasteiger partial charge in [0.25, 0.3) is 0 Å². The van der Waals surface area contributed by atoms with Crippen molar-refractivity contribution in [3.63, 3.8) is 0 Å². The van der Waals surface area contributed by atoms with Crippen molar-refractivity contribution in [2.75, 3.05) is 18.5 Å². The zero-order chi connectivity index (χ0) is 12.8. The van der Waals surface area contributed by atoms with Gasteiger partial charge >= 0.3 is 0 Å². The lowest BCUT2D eigenvalue weighted by Gasteiger charge is -2.16. The Balaban J connectivity index is 1.97. The van der Waals surface area contributed by atoms with Gasteiger partial charge in [-0.25, -0.2) is 4.98 Å². The second-order valence-electron chi connectivity index (χ2n) is 4.30. The van der Waals surface area contributed by atoms with Crippen LogP contribution >= 0.6 is 0 Å². The number of nitrogens with one attached hydrogen (secondary N) is 2. The molecule has 0 bridgehead atoms. The molecule has 1 atom stereocenters. The van der Waals surface area contributed by atoms with Crippen LogP contribution in [-0.4, -0.2) is 30.1 Å². The number of carbonyl (C=O) groups is 1. The first-order valence-corrected chi connectivity index (χ1v) is 6.42. The van der Waals surface area contributed by atoms with E-state index in [1.807, 2.05) is 13.0 Å². The van der Waals surface area contributed by atoms with Crippen molar-refractivity contribution >= 4 is 11.6 Å². The normalized spacial score (nSPS) is 19.8. The molecule has 1 fully saturated rings. The van der Waals surface area contributed by atoms with E-state index in [1.165, 1.54) is 0 Å². The summed E-state index contributed by atoms with van der Waals surface area (Å²) in [5.41, 5.74) is 0.848. The van der Waals surface area contributed by atoms with E-state index in [0.717, 1.165) is 31.5 Å². The fourth-order valence-electron chi connectivity index (χ4n) is 1.98. The summed E-state index contributed by atoms with van der Waals surface area (Å²) in [5, 5.41) is 6.11. The molecule has 1 aromatic rings. The van der Waals surface area contributed by atoms with Crippen molar-refractivity contribution in [3.8, 4) is 5.88 Å². The van der Waals surface area contributed by atoms with Crippen LogP contribution in [-0.2, 0) is 4.79 Å². The molecule has 2 N–H and O–H groups in total. The monoisotopic (exact) mass is 249 g/mol. The van der Waals surface area contributed by atoms with Crippen molar-refractivity contribution in [1.29, 1.82) is 0 Å². The van der Waals surface area contributed by atoms with Crippen LogP contribution in [0.5, 0.6) is 5.88 Å². The number of hydrogen-bond acceptors (Lipinski definition) is 4. The number of nitrogens with zero attached hydrogens (tertiary/aromatic N) is 1. The van der Waals surface area contributed by atoms with E-state index < -0.39 is 0 Å². The molecule has 2 heterocycles. The van der Waals surface area contributed by atoms with Crippen LogP contribution in [0.2, 0.25) is 0 Å². The van der Waals surface area contributed by atoms with E-state index in [1.54, 1.807) is 12.3 Å². The van der Waals surface area contributed by atoms with Crippen molar-refractivity contribution in [1.82, 2.24) is 10.3 Å². The molecule has 0 aliphatic carbocycles. The van der Waals surface area contributed by atoms with Crippen LogP contribution in [0, 0.1) is 0 Å². The molecule has 0 aromatic carbocycles. The summed E-state index contributed by atoms with van der Waals surface area (Å²) in [7, 11) is 0. The topological polar surface area (TPSA) is 63.2 Å². The van der Waals surface area contributed by atoms with Crippen molar-refractivity contribution in [2.45, 2.75) is 32.2 Å². The van der Waals surface area contributed by atoms with Crippen LogP contribution in [0.1, 0.15) is 26.2 Å². The van der Waals surface area contributed by atoms with Gasteiger partial charge in [0, 0.05) is 12.6 Å². The zero-order valence-electron chi connectivity index (χ0n) is 10.6. The van der Waals surface area contributed by atoms with Crippen molar-refractivity contribution < 1.29 is 9.53 Å². The Morgan fingerprint density at radius 1 is 1.50 bits per heavy atom. The molecule has 0 saturated carbocycles.